The molecule has 4 nitrogen and oxygen atoms in total. The summed E-state index contributed by atoms with van der Waals surface area (Å²) >= 11 is 9.43. The van der Waals surface area contributed by atoms with Gasteiger partial charge in [0.05, 0.1) is 0 Å². The summed E-state index contributed by atoms with van der Waals surface area (Å²) in [7, 11) is -1.18. The van der Waals surface area contributed by atoms with Gasteiger partial charge in [-0.1, -0.05) is 93.9 Å². The van der Waals surface area contributed by atoms with Gasteiger partial charge in [-0.05, 0) is 59.5 Å². The molecule has 0 amide bonds. The Hall–Kier alpha value is 3.97. The summed E-state index contributed by atoms with van der Waals surface area (Å²) in [6.45, 7) is 16.9. The molecule has 0 aliphatic rings. The molecule has 0 aromatic carbocycles. The summed E-state index contributed by atoms with van der Waals surface area (Å²) in [5.41, 5.74) is -7.14. The van der Waals surface area contributed by atoms with Crippen molar-refractivity contribution in [3.63, 3.8) is 0 Å². The van der Waals surface area contributed by atoms with Crippen molar-refractivity contribution in [1.82, 2.24) is 0 Å². The first-order chi connectivity index (χ1) is 15.6. The van der Waals surface area contributed by atoms with Crippen molar-refractivity contribution in [3.05, 3.63) is 0 Å². The molecule has 37 heavy (non-hydrogen) atoms. The van der Waals surface area contributed by atoms with Gasteiger partial charge in [0, 0.05) is 0 Å². The Bertz CT molecular complexity index is 575. The molecule has 4 unspecified atom stereocenters. The predicted octanol–water partition coefficient (Wildman–Crippen LogP) is 4.84. The van der Waals surface area contributed by atoms with Crippen LogP contribution in [-0.4, -0.2) is 23.0 Å². The molecule has 0 spiro atoms. The van der Waals surface area contributed by atoms with E-state index in [2.05, 4.69) is 55.4 Å². The van der Waals surface area contributed by atoms with Gasteiger partial charge in [0.25, 0.3) is 0 Å². The second kappa shape index (κ2) is 28.7. The predicted molar refractivity (Wildman–Crippen MR) is 159 cm³/mol. The first-order valence-corrected chi connectivity index (χ1v) is 22.6. The van der Waals surface area contributed by atoms with Crippen molar-refractivity contribution in [2.24, 2.45) is 23.7 Å². The van der Waals surface area contributed by atoms with Crippen LogP contribution in [-0.2, 0) is 103 Å². The van der Waals surface area contributed by atoms with Gasteiger partial charge in [-0.2, -0.15) is 0 Å². The van der Waals surface area contributed by atoms with E-state index in [4.69, 9.17) is 24.5 Å². The number of hydrogen-bond donors (Lipinski definition) is 0. The van der Waals surface area contributed by atoms with E-state index in [9.17, 15) is 19.6 Å². The summed E-state index contributed by atoms with van der Waals surface area (Å²) in [4.78, 5) is 46.6. The Morgan fingerprint density at radius 1 is 0.568 bits per heavy atom. The van der Waals surface area contributed by atoms with Crippen molar-refractivity contribution in [3.8, 4) is 0 Å². The third-order valence-corrected chi connectivity index (χ3v) is 20.1. The van der Waals surface area contributed by atoms with Gasteiger partial charge in [-0.15, -0.1) is 0 Å². The summed E-state index contributed by atoms with van der Waals surface area (Å²) in [6.07, 6.45) is 9.16. The van der Waals surface area contributed by atoms with E-state index in [1.54, 1.807) is 0 Å². The average molecular weight is 791 g/mol. The van der Waals surface area contributed by atoms with Crippen LogP contribution in [0.5, 0.6) is 0 Å². The van der Waals surface area contributed by atoms with E-state index in [0.29, 0.717) is 23.7 Å². The largest absolute Gasteiger partial charge is 2.00 e. The minimum Gasteiger partial charge on any atom is -0.854 e. The standard InChI is InChI=1S/2C12H26O2PS2.3Zn/c2*1-5-7-8-12(6-2)10-17(9-11(3)4)15(13,14)16;;;/h2*11-12H,5-10H2,1-4H3;;;/q2*-3;3*+2. The Labute approximate surface area is 284 Å². The van der Waals surface area contributed by atoms with Gasteiger partial charge in [0.15, 0.2) is 0 Å². The summed E-state index contributed by atoms with van der Waals surface area (Å²) in [5, 5.41) is 0. The van der Waals surface area contributed by atoms with E-state index >= 15 is 0 Å². The normalized spacial score (nSPS) is 14.9. The molecule has 0 radical (unpaired) electrons. The fraction of sp³-hybridized carbons (Fsp3) is 1.00. The molecule has 0 rings (SSSR count). The van der Waals surface area contributed by atoms with Crippen molar-refractivity contribution in [2.45, 2.75) is 107 Å². The van der Waals surface area contributed by atoms with Crippen LogP contribution in [0.25, 0.3) is 0 Å². The van der Waals surface area contributed by atoms with Crippen LogP contribution in [0.1, 0.15) is 107 Å². The number of unbranched alkanes of at least 4 members (excludes halogenated alkanes) is 2. The van der Waals surface area contributed by atoms with Gasteiger partial charge in [-0.25, -0.2) is 20.1 Å². The van der Waals surface area contributed by atoms with Gasteiger partial charge < -0.3 is 55.5 Å². The zero-order valence-corrected chi connectivity index (χ0v) is 39.0. The zero-order valence-electron chi connectivity index (χ0n) is 25.1. The average Bonchev–Trinajstić information content (AvgIpc) is 2.70. The quantitative estimate of drug-likeness (QED) is 0.126. The smallest absolute Gasteiger partial charge is 0.854 e. The third kappa shape index (κ3) is 29.8. The molecule has 0 bridgehead atoms. The summed E-state index contributed by atoms with van der Waals surface area (Å²) < 4.78 is 0. The fourth-order valence-electron chi connectivity index (χ4n) is 3.61. The molecular formula is C24H52O4P2S4Zn3. The molecule has 13 heteroatoms. The molecule has 4 atom stereocenters. The van der Waals surface area contributed by atoms with Crippen LogP contribution < -0.4 is 19.6 Å². The SMILES string of the molecule is CCCCC(CC)CS(CC(C)C)=P([O-])([O-])[S-].CCCCC(CC)CS(CC(C)C)=P([O-])([O-])[S-].[Zn+2].[Zn+2].[Zn+2]. The molecule has 0 aliphatic carbocycles. The Balaban J connectivity index is -0.000000171. The van der Waals surface area contributed by atoms with Crippen molar-refractivity contribution >= 4 is 56.0 Å². The minimum atomic E-state index is -3.57. The van der Waals surface area contributed by atoms with Crippen molar-refractivity contribution in [2.75, 3.05) is 23.0 Å². The van der Waals surface area contributed by atoms with E-state index in [0.717, 1.165) is 48.7 Å². The van der Waals surface area contributed by atoms with Crippen LogP contribution >= 0.6 is 11.4 Å². The maximum Gasteiger partial charge on any atom is 2.00 e. The van der Waals surface area contributed by atoms with Crippen LogP contribution in [0.4, 0.5) is 0 Å². The minimum absolute atomic E-state index is 0. The molecule has 0 aromatic rings. The monoisotopic (exact) mass is 786 g/mol. The Kier molecular flexibility index (Phi) is 39.3. The van der Waals surface area contributed by atoms with Gasteiger partial charge in [0.1, 0.15) is 0 Å². The van der Waals surface area contributed by atoms with Crippen molar-refractivity contribution < 1.29 is 78.0 Å². The van der Waals surface area contributed by atoms with E-state index < -0.39 is 31.5 Å². The molecule has 0 saturated heterocycles. The maximum atomic E-state index is 11.6. The molecular weight excluding hydrogens is 739 g/mol. The summed E-state index contributed by atoms with van der Waals surface area (Å²) in [5.74, 6) is 4.95. The molecule has 212 valence electrons. The van der Waals surface area contributed by atoms with Crippen molar-refractivity contribution in [1.29, 1.82) is 0 Å². The van der Waals surface area contributed by atoms with E-state index in [1.807, 2.05) is 0 Å². The summed E-state index contributed by atoms with van der Waals surface area (Å²) in [6, 6.07) is 0. The van der Waals surface area contributed by atoms with Crippen LogP contribution in [0, 0.1) is 23.7 Å². The van der Waals surface area contributed by atoms with Crippen LogP contribution in [0.2, 0.25) is 0 Å². The number of rotatable bonds is 16. The zero-order chi connectivity index (χ0) is 26.9. The van der Waals surface area contributed by atoms with Gasteiger partial charge in [-0.3, -0.25) is 0 Å². The molecule has 0 N–H and O–H groups in total. The van der Waals surface area contributed by atoms with Gasteiger partial charge >= 0.3 is 58.4 Å². The Morgan fingerprint density at radius 2 is 0.838 bits per heavy atom. The fourth-order valence-corrected chi connectivity index (χ4v) is 15.5. The molecule has 0 heterocycles. The first-order valence-electron chi connectivity index (χ1n) is 13.0. The second-order valence-corrected chi connectivity index (χ2v) is 25.3. The molecule has 0 fully saturated rings. The van der Waals surface area contributed by atoms with E-state index in [-0.39, 0.29) is 58.4 Å². The topological polar surface area (TPSA) is 92.2 Å². The first kappa shape index (κ1) is 50.6. The molecule has 0 aliphatic heterocycles. The van der Waals surface area contributed by atoms with E-state index in [1.165, 1.54) is 25.7 Å². The third-order valence-electron chi connectivity index (χ3n) is 5.63. The Morgan fingerprint density at radius 3 is 1.00 bits per heavy atom. The van der Waals surface area contributed by atoms with Gasteiger partial charge in [0.2, 0.25) is 0 Å². The van der Waals surface area contributed by atoms with Crippen LogP contribution in [0.3, 0.4) is 0 Å². The number of hydrogen-bond acceptors (Lipinski definition) is 6. The second-order valence-electron chi connectivity index (χ2n) is 10.1. The molecule has 0 saturated carbocycles. The maximum absolute atomic E-state index is 11.6. The van der Waals surface area contributed by atoms with Crippen LogP contribution in [0.15, 0.2) is 0 Å². The molecule has 0 aromatic heterocycles.